The summed E-state index contributed by atoms with van der Waals surface area (Å²) in [7, 11) is 0. The Kier molecular flexibility index (Phi) is 7.09. The molecule has 0 aromatic carbocycles. The van der Waals surface area contributed by atoms with E-state index >= 15 is 0 Å². The SMILES string of the molecule is O=C(O)O[C@@H]1[C@@H](O)[C@@H](O[C@H]2[C@H](O)[C@@H](O)[C@@H](O)O[C@@H]2CO)O[C@H](CO)[C@H]1O. The summed E-state index contributed by atoms with van der Waals surface area (Å²) in [4.78, 5) is 10.7. The lowest BCUT2D eigenvalue weighted by atomic mass is 9.97. The summed E-state index contributed by atoms with van der Waals surface area (Å²) in [5, 5.41) is 76.5. The van der Waals surface area contributed by atoms with Gasteiger partial charge >= 0.3 is 6.16 Å². The van der Waals surface area contributed by atoms with Gasteiger partial charge in [0.1, 0.15) is 42.7 Å². The average molecular weight is 386 g/mol. The van der Waals surface area contributed by atoms with Crippen LogP contribution < -0.4 is 0 Å². The molecule has 0 unspecified atom stereocenters. The molecule has 0 aromatic rings. The van der Waals surface area contributed by atoms with E-state index in [9.17, 15) is 40.5 Å². The highest BCUT2D eigenvalue weighted by Gasteiger charge is 2.51. The third-order valence-electron chi connectivity index (χ3n) is 4.19. The van der Waals surface area contributed by atoms with Crippen LogP contribution in [0.5, 0.6) is 0 Å². The van der Waals surface area contributed by atoms with Crippen LogP contribution in [-0.2, 0) is 18.9 Å². The first kappa shape index (κ1) is 21.2. The molecule has 2 fully saturated rings. The second-order valence-corrected chi connectivity index (χ2v) is 5.88. The minimum atomic E-state index is -1.88. The Hall–Kier alpha value is -1.13. The standard InChI is InChI=1S/C13H22O13/c14-1-3-5(16)10(26-13(21)22)8(19)12(24-3)25-9-4(2-15)23-11(20)7(18)6(9)17/h3-12,14-20H,1-2H2,(H,21,22)/t3-,4-,5-,6-,7-,8-,9-,10+,11+,12-/m1/s1. The zero-order chi connectivity index (χ0) is 19.6. The summed E-state index contributed by atoms with van der Waals surface area (Å²) in [5.74, 6) is 0. The van der Waals surface area contributed by atoms with Gasteiger partial charge in [0.25, 0.3) is 0 Å². The minimum Gasteiger partial charge on any atom is -0.450 e. The molecule has 13 heteroatoms. The number of aliphatic hydroxyl groups excluding tert-OH is 7. The second-order valence-electron chi connectivity index (χ2n) is 5.88. The molecule has 2 saturated heterocycles. The highest BCUT2D eigenvalue weighted by atomic mass is 16.7. The van der Waals surface area contributed by atoms with E-state index in [1.807, 2.05) is 0 Å². The molecule has 0 spiro atoms. The molecule has 0 aromatic heterocycles. The predicted molar refractivity (Wildman–Crippen MR) is 75.5 cm³/mol. The maximum Gasteiger partial charge on any atom is 0.506 e. The summed E-state index contributed by atoms with van der Waals surface area (Å²) in [6.45, 7) is -1.52. The summed E-state index contributed by atoms with van der Waals surface area (Å²) >= 11 is 0. The Morgan fingerprint density at radius 3 is 1.96 bits per heavy atom. The molecule has 10 atom stereocenters. The topological polar surface area (TPSA) is 216 Å². The highest BCUT2D eigenvalue weighted by molar-refractivity contribution is 5.57. The average Bonchev–Trinajstić information content (AvgIpc) is 2.60. The van der Waals surface area contributed by atoms with E-state index in [2.05, 4.69) is 4.74 Å². The van der Waals surface area contributed by atoms with Crippen LogP contribution in [0.2, 0.25) is 0 Å². The number of carbonyl (C=O) groups is 1. The largest absolute Gasteiger partial charge is 0.506 e. The Morgan fingerprint density at radius 2 is 1.42 bits per heavy atom. The van der Waals surface area contributed by atoms with Crippen molar-refractivity contribution < 1.29 is 64.6 Å². The van der Waals surface area contributed by atoms with Crippen molar-refractivity contribution in [1.29, 1.82) is 0 Å². The fourth-order valence-electron chi connectivity index (χ4n) is 2.81. The van der Waals surface area contributed by atoms with Gasteiger partial charge in [-0.25, -0.2) is 4.79 Å². The van der Waals surface area contributed by atoms with E-state index in [1.165, 1.54) is 0 Å². The van der Waals surface area contributed by atoms with E-state index < -0.39 is 80.8 Å². The summed E-state index contributed by atoms with van der Waals surface area (Å²) < 4.78 is 19.7. The van der Waals surface area contributed by atoms with E-state index in [-0.39, 0.29) is 0 Å². The zero-order valence-corrected chi connectivity index (χ0v) is 13.3. The molecule has 26 heavy (non-hydrogen) atoms. The van der Waals surface area contributed by atoms with Crippen molar-refractivity contribution in [2.45, 2.75) is 61.4 Å². The van der Waals surface area contributed by atoms with Gasteiger partial charge in [0, 0.05) is 0 Å². The summed E-state index contributed by atoms with van der Waals surface area (Å²) in [6.07, 6.45) is -18.4. The van der Waals surface area contributed by atoms with Gasteiger partial charge in [-0.1, -0.05) is 0 Å². The number of ether oxygens (including phenoxy) is 4. The van der Waals surface area contributed by atoms with Crippen LogP contribution in [0.1, 0.15) is 0 Å². The van der Waals surface area contributed by atoms with Gasteiger partial charge in [0.15, 0.2) is 18.7 Å². The molecular weight excluding hydrogens is 364 g/mol. The monoisotopic (exact) mass is 386 g/mol. The lowest BCUT2D eigenvalue weighted by Crippen LogP contribution is -2.65. The van der Waals surface area contributed by atoms with Crippen LogP contribution in [0.15, 0.2) is 0 Å². The molecule has 2 heterocycles. The zero-order valence-electron chi connectivity index (χ0n) is 13.3. The van der Waals surface area contributed by atoms with Crippen molar-refractivity contribution in [2.75, 3.05) is 13.2 Å². The van der Waals surface area contributed by atoms with Crippen molar-refractivity contribution in [3.05, 3.63) is 0 Å². The molecule has 13 nitrogen and oxygen atoms in total. The Labute approximate surface area is 146 Å². The Balaban J connectivity index is 2.18. The predicted octanol–water partition coefficient (Wildman–Crippen LogP) is -4.69. The van der Waals surface area contributed by atoms with Crippen molar-refractivity contribution >= 4 is 6.16 Å². The number of hydrogen-bond donors (Lipinski definition) is 8. The molecule has 0 bridgehead atoms. The fraction of sp³-hybridized carbons (Fsp3) is 0.923. The first-order chi connectivity index (χ1) is 12.2. The van der Waals surface area contributed by atoms with E-state index in [4.69, 9.17) is 19.3 Å². The van der Waals surface area contributed by atoms with Crippen molar-refractivity contribution in [1.82, 2.24) is 0 Å². The van der Waals surface area contributed by atoms with Crippen LogP contribution in [0.4, 0.5) is 4.79 Å². The maximum absolute atomic E-state index is 10.7. The maximum atomic E-state index is 10.7. The molecule has 2 aliphatic heterocycles. The van der Waals surface area contributed by atoms with Crippen LogP contribution in [0, 0.1) is 0 Å². The third kappa shape index (κ3) is 4.23. The molecule has 0 saturated carbocycles. The van der Waals surface area contributed by atoms with Crippen LogP contribution >= 0.6 is 0 Å². The summed E-state index contributed by atoms with van der Waals surface area (Å²) in [5.41, 5.74) is 0. The van der Waals surface area contributed by atoms with Gasteiger partial charge in [-0.15, -0.1) is 0 Å². The van der Waals surface area contributed by atoms with Crippen LogP contribution in [0.25, 0.3) is 0 Å². The first-order valence-electron chi connectivity index (χ1n) is 7.69. The third-order valence-corrected chi connectivity index (χ3v) is 4.19. The normalized spacial score (nSPS) is 46.7. The van der Waals surface area contributed by atoms with Gasteiger partial charge in [0.2, 0.25) is 0 Å². The number of rotatable bonds is 5. The van der Waals surface area contributed by atoms with E-state index in [1.54, 1.807) is 0 Å². The molecule has 0 amide bonds. The van der Waals surface area contributed by atoms with Crippen LogP contribution in [-0.4, -0.2) is 122 Å². The molecule has 2 rings (SSSR count). The molecule has 2 aliphatic rings. The number of carboxylic acid groups (broad SMARTS) is 1. The second kappa shape index (κ2) is 8.71. The van der Waals surface area contributed by atoms with Gasteiger partial charge in [0.05, 0.1) is 13.2 Å². The molecule has 0 aliphatic carbocycles. The molecule has 0 radical (unpaired) electrons. The summed E-state index contributed by atoms with van der Waals surface area (Å²) in [6, 6.07) is 0. The van der Waals surface area contributed by atoms with Gasteiger partial charge in [-0.3, -0.25) is 0 Å². The highest BCUT2D eigenvalue weighted by Crippen LogP contribution is 2.29. The molecular formula is C13H22O13. The van der Waals surface area contributed by atoms with Crippen LogP contribution in [0.3, 0.4) is 0 Å². The van der Waals surface area contributed by atoms with Crippen molar-refractivity contribution in [2.24, 2.45) is 0 Å². The number of hydrogen-bond acceptors (Lipinski definition) is 12. The lowest BCUT2D eigenvalue weighted by Gasteiger charge is -2.45. The smallest absolute Gasteiger partial charge is 0.450 e. The number of aliphatic hydroxyl groups is 7. The molecule has 8 N–H and O–H groups in total. The van der Waals surface area contributed by atoms with Crippen molar-refractivity contribution in [3.63, 3.8) is 0 Å². The Morgan fingerprint density at radius 1 is 0.808 bits per heavy atom. The minimum absolute atomic E-state index is 0.741. The van der Waals surface area contributed by atoms with E-state index in [0.717, 1.165) is 0 Å². The van der Waals surface area contributed by atoms with Crippen molar-refractivity contribution in [3.8, 4) is 0 Å². The quantitative estimate of drug-likeness (QED) is 0.209. The fourth-order valence-corrected chi connectivity index (χ4v) is 2.81. The van der Waals surface area contributed by atoms with Gasteiger partial charge < -0.3 is 59.8 Å². The first-order valence-corrected chi connectivity index (χ1v) is 7.69. The van der Waals surface area contributed by atoms with Gasteiger partial charge in [-0.05, 0) is 0 Å². The van der Waals surface area contributed by atoms with E-state index in [0.29, 0.717) is 0 Å². The lowest BCUT2D eigenvalue weighted by molar-refractivity contribution is -0.355. The van der Waals surface area contributed by atoms with Gasteiger partial charge in [-0.2, -0.15) is 0 Å². The molecule has 152 valence electrons. The Bertz CT molecular complexity index is 473.